The molecule has 0 unspecified atom stereocenters. The minimum atomic E-state index is 0.932. The number of hydrogen-bond acceptors (Lipinski definition) is 2. The van der Waals surface area contributed by atoms with Gasteiger partial charge in [0.05, 0.1) is 5.69 Å². The van der Waals surface area contributed by atoms with Crippen LogP contribution in [-0.4, -0.2) is 9.78 Å². The molecule has 60 valence electrons. The molecule has 1 aromatic carbocycles. The number of para-hydroxylation sites is 1. The SMILES string of the molecule is Sc1ccccc1-n1cccn1. The first kappa shape index (κ1) is 7.43. The smallest absolute Gasteiger partial charge is 0.0778 e. The summed E-state index contributed by atoms with van der Waals surface area (Å²) in [6.45, 7) is 0. The summed E-state index contributed by atoms with van der Waals surface area (Å²) in [4.78, 5) is 0.932. The lowest BCUT2D eigenvalue weighted by molar-refractivity contribution is 0.863. The Hall–Kier alpha value is -1.22. The Morgan fingerprint density at radius 1 is 1.17 bits per heavy atom. The van der Waals surface area contributed by atoms with Gasteiger partial charge in [-0.25, -0.2) is 4.68 Å². The van der Waals surface area contributed by atoms with Crippen molar-refractivity contribution in [3.8, 4) is 5.69 Å². The molecule has 1 heterocycles. The molecular weight excluding hydrogens is 168 g/mol. The first-order valence-electron chi connectivity index (χ1n) is 3.66. The Morgan fingerprint density at radius 3 is 2.67 bits per heavy atom. The van der Waals surface area contributed by atoms with Crippen LogP contribution < -0.4 is 0 Å². The molecule has 3 heteroatoms. The molecule has 0 bridgehead atoms. The Bertz CT molecular complexity index is 368. The van der Waals surface area contributed by atoms with Crippen LogP contribution in [-0.2, 0) is 0 Å². The molecule has 0 aliphatic carbocycles. The molecular formula is C9H8N2S. The molecule has 0 spiro atoms. The Kier molecular flexibility index (Phi) is 1.87. The van der Waals surface area contributed by atoms with E-state index in [2.05, 4.69) is 17.7 Å². The zero-order valence-electron chi connectivity index (χ0n) is 6.38. The number of rotatable bonds is 1. The van der Waals surface area contributed by atoms with E-state index >= 15 is 0 Å². The van der Waals surface area contributed by atoms with Crippen LogP contribution in [0, 0.1) is 0 Å². The summed E-state index contributed by atoms with van der Waals surface area (Å²) >= 11 is 4.32. The zero-order chi connectivity index (χ0) is 8.39. The minimum absolute atomic E-state index is 0.932. The summed E-state index contributed by atoms with van der Waals surface area (Å²) in [5.41, 5.74) is 1.01. The van der Waals surface area contributed by atoms with Crippen molar-refractivity contribution in [2.24, 2.45) is 0 Å². The molecule has 0 aliphatic heterocycles. The van der Waals surface area contributed by atoms with Crippen LogP contribution in [0.4, 0.5) is 0 Å². The molecule has 2 nitrogen and oxygen atoms in total. The largest absolute Gasteiger partial charge is 0.240 e. The lowest BCUT2D eigenvalue weighted by Crippen LogP contribution is -1.94. The number of benzene rings is 1. The van der Waals surface area contributed by atoms with Gasteiger partial charge in [0.2, 0.25) is 0 Å². The van der Waals surface area contributed by atoms with Gasteiger partial charge in [-0.2, -0.15) is 5.10 Å². The van der Waals surface area contributed by atoms with Gasteiger partial charge in [-0.3, -0.25) is 0 Å². The maximum atomic E-state index is 4.32. The molecule has 0 aliphatic rings. The van der Waals surface area contributed by atoms with E-state index in [1.807, 2.05) is 36.5 Å². The van der Waals surface area contributed by atoms with Gasteiger partial charge in [-0.15, -0.1) is 12.6 Å². The van der Waals surface area contributed by atoms with Crippen molar-refractivity contribution in [2.45, 2.75) is 4.90 Å². The van der Waals surface area contributed by atoms with Gasteiger partial charge in [0.1, 0.15) is 0 Å². The first-order chi connectivity index (χ1) is 5.88. The maximum Gasteiger partial charge on any atom is 0.0778 e. The molecule has 0 radical (unpaired) electrons. The highest BCUT2D eigenvalue weighted by molar-refractivity contribution is 7.80. The van der Waals surface area contributed by atoms with Crippen molar-refractivity contribution in [3.63, 3.8) is 0 Å². The molecule has 0 N–H and O–H groups in total. The standard InChI is InChI=1S/C9H8N2S/c12-9-5-2-1-4-8(9)11-7-3-6-10-11/h1-7,12H. The molecule has 0 saturated heterocycles. The van der Waals surface area contributed by atoms with Crippen molar-refractivity contribution in [2.75, 3.05) is 0 Å². The zero-order valence-corrected chi connectivity index (χ0v) is 7.28. The summed E-state index contributed by atoms with van der Waals surface area (Å²) in [6, 6.07) is 9.74. The van der Waals surface area contributed by atoms with Crippen molar-refractivity contribution < 1.29 is 0 Å². The van der Waals surface area contributed by atoms with E-state index in [1.165, 1.54) is 0 Å². The monoisotopic (exact) mass is 176 g/mol. The van der Waals surface area contributed by atoms with E-state index in [4.69, 9.17) is 0 Å². The Morgan fingerprint density at radius 2 is 2.00 bits per heavy atom. The average molecular weight is 176 g/mol. The molecule has 0 saturated carbocycles. The van der Waals surface area contributed by atoms with Crippen molar-refractivity contribution in [1.29, 1.82) is 0 Å². The normalized spacial score (nSPS) is 10.1. The van der Waals surface area contributed by atoms with E-state index < -0.39 is 0 Å². The fraction of sp³-hybridized carbons (Fsp3) is 0. The highest BCUT2D eigenvalue weighted by Gasteiger charge is 1.98. The van der Waals surface area contributed by atoms with E-state index in [0.717, 1.165) is 10.6 Å². The van der Waals surface area contributed by atoms with E-state index in [1.54, 1.807) is 10.9 Å². The van der Waals surface area contributed by atoms with Gasteiger partial charge in [0.15, 0.2) is 0 Å². The average Bonchev–Trinajstić information content (AvgIpc) is 2.57. The van der Waals surface area contributed by atoms with E-state index in [0.29, 0.717) is 0 Å². The predicted molar refractivity (Wildman–Crippen MR) is 50.8 cm³/mol. The van der Waals surface area contributed by atoms with Crippen LogP contribution in [0.5, 0.6) is 0 Å². The summed E-state index contributed by atoms with van der Waals surface area (Å²) in [6.07, 6.45) is 3.65. The van der Waals surface area contributed by atoms with Gasteiger partial charge in [-0.1, -0.05) is 12.1 Å². The third-order valence-corrected chi connectivity index (χ3v) is 2.01. The molecule has 0 fully saturated rings. The molecule has 2 aromatic rings. The Labute approximate surface area is 76.3 Å². The number of aromatic nitrogens is 2. The lowest BCUT2D eigenvalue weighted by Gasteiger charge is -2.02. The van der Waals surface area contributed by atoms with Gasteiger partial charge < -0.3 is 0 Å². The van der Waals surface area contributed by atoms with Crippen LogP contribution in [0.25, 0.3) is 5.69 Å². The highest BCUT2D eigenvalue weighted by atomic mass is 32.1. The summed E-state index contributed by atoms with van der Waals surface area (Å²) in [5, 5.41) is 4.12. The third kappa shape index (κ3) is 1.23. The lowest BCUT2D eigenvalue weighted by atomic mass is 10.3. The van der Waals surface area contributed by atoms with Crippen LogP contribution in [0.3, 0.4) is 0 Å². The minimum Gasteiger partial charge on any atom is -0.240 e. The summed E-state index contributed by atoms with van der Waals surface area (Å²) in [5.74, 6) is 0. The molecule has 1 aromatic heterocycles. The summed E-state index contributed by atoms with van der Waals surface area (Å²) in [7, 11) is 0. The topological polar surface area (TPSA) is 17.8 Å². The van der Waals surface area contributed by atoms with E-state index in [-0.39, 0.29) is 0 Å². The van der Waals surface area contributed by atoms with Gasteiger partial charge in [0, 0.05) is 17.3 Å². The van der Waals surface area contributed by atoms with Gasteiger partial charge in [-0.05, 0) is 18.2 Å². The number of thiol groups is 1. The van der Waals surface area contributed by atoms with Gasteiger partial charge in [0.25, 0.3) is 0 Å². The molecule has 0 atom stereocenters. The second-order valence-corrected chi connectivity index (χ2v) is 2.92. The Balaban J connectivity index is 2.55. The van der Waals surface area contributed by atoms with Crippen LogP contribution in [0.15, 0.2) is 47.6 Å². The molecule has 0 amide bonds. The van der Waals surface area contributed by atoms with E-state index in [9.17, 15) is 0 Å². The molecule has 2 rings (SSSR count). The quantitative estimate of drug-likeness (QED) is 0.659. The van der Waals surface area contributed by atoms with Crippen LogP contribution >= 0.6 is 12.6 Å². The third-order valence-electron chi connectivity index (χ3n) is 1.63. The number of nitrogens with zero attached hydrogens (tertiary/aromatic N) is 2. The van der Waals surface area contributed by atoms with Crippen molar-refractivity contribution in [1.82, 2.24) is 9.78 Å². The summed E-state index contributed by atoms with van der Waals surface area (Å²) < 4.78 is 1.79. The number of hydrogen-bond donors (Lipinski definition) is 1. The van der Waals surface area contributed by atoms with Crippen LogP contribution in [0.1, 0.15) is 0 Å². The fourth-order valence-corrected chi connectivity index (χ4v) is 1.33. The maximum absolute atomic E-state index is 4.32. The van der Waals surface area contributed by atoms with Crippen LogP contribution in [0.2, 0.25) is 0 Å². The van der Waals surface area contributed by atoms with Crippen molar-refractivity contribution >= 4 is 12.6 Å². The first-order valence-corrected chi connectivity index (χ1v) is 4.10. The van der Waals surface area contributed by atoms with Gasteiger partial charge >= 0.3 is 0 Å². The molecule has 12 heavy (non-hydrogen) atoms. The second kappa shape index (κ2) is 3.03. The second-order valence-electron chi connectivity index (χ2n) is 2.44. The highest BCUT2D eigenvalue weighted by Crippen LogP contribution is 2.16. The van der Waals surface area contributed by atoms with Crippen molar-refractivity contribution in [3.05, 3.63) is 42.7 Å². The predicted octanol–water partition coefficient (Wildman–Crippen LogP) is 2.16. The fourth-order valence-electron chi connectivity index (χ4n) is 1.07.